The Kier molecular flexibility index (Phi) is 4.71. The first-order valence-corrected chi connectivity index (χ1v) is 9.14. The van der Waals surface area contributed by atoms with E-state index in [0.717, 1.165) is 27.4 Å². The van der Waals surface area contributed by atoms with E-state index in [9.17, 15) is 4.79 Å². The van der Waals surface area contributed by atoms with E-state index in [1.165, 1.54) is 0 Å². The van der Waals surface area contributed by atoms with Crippen molar-refractivity contribution in [1.82, 2.24) is 9.97 Å². The first kappa shape index (κ1) is 17.0. The molecular weight excluding hydrogens is 364 g/mol. The van der Waals surface area contributed by atoms with Crippen LogP contribution >= 0.6 is 11.3 Å². The molecule has 4 aromatic rings. The molecule has 27 heavy (non-hydrogen) atoms. The number of carboxylic acid groups (broad SMARTS) is 1. The topological polar surface area (TPSA) is 100 Å². The van der Waals surface area contributed by atoms with Crippen LogP contribution in [0.25, 0.3) is 10.2 Å². The van der Waals surface area contributed by atoms with Crippen molar-refractivity contribution in [2.45, 2.75) is 13.1 Å². The lowest BCUT2D eigenvalue weighted by Crippen LogP contribution is -2.07. The van der Waals surface area contributed by atoms with Gasteiger partial charge in [0.2, 0.25) is 5.95 Å². The van der Waals surface area contributed by atoms with Crippen LogP contribution in [-0.4, -0.2) is 21.0 Å². The second kappa shape index (κ2) is 7.46. The van der Waals surface area contributed by atoms with E-state index in [0.29, 0.717) is 19.0 Å². The SMILES string of the molecule is O=C(O)c1ccc(CNc2nc(NCc3ccco3)nc3ccsc23)cc1. The Bertz CT molecular complexity index is 1060. The van der Waals surface area contributed by atoms with E-state index in [2.05, 4.69) is 20.6 Å². The summed E-state index contributed by atoms with van der Waals surface area (Å²) in [6, 6.07) is 12.4. The van der Waals surface area contributed by atoms with Crippen molar-refractivity contribution in [3.05, 3.63) is 71.0 Å². The third-order valence-corrected chi connectivity index (χ3v) is 4.88. The van der Waals surface area contributed by atoms with Crippen LogP contribution < -0.4 is 10.6 Å². The number of nitrogens with zero attached hydrogens (tertiary/aromatic N) is 2. The van der Waals surface area contributed by atoms with Crippen molar-refractivity contribution >= 4 is 39.3 Å². The van der Waals surface area contributed by atoms with E-state index in [1.807, 2.05) is 23.6 Å². The summed E-state index contributed by atoms with van der Waals surface area (Å²) >= 11 is 1.57. The molecule has 0 atom stereocenters. The number of nitrogens with one attached hydrogen (secondary N) is 2. The molecule has 0 saturated heterocycles. The molecular formula is C19H16N4O3S. The molecule has 0 aliphatic rings. The van der Waals surface area contributed by atoms with Crippen LogP contribution in [-0.2, 0) is 13.1 Å². The summed E-state index contributed by atoms with van der Waals surface area (Å²) in [5.74, 6) is 1.12. The van der Waals surface area contributed by atoms with Crippen molar-refractivity contribution in [3.63, 3.8) is 0 Å². The zero-order valence-corrected chi connectivity index (χ0v) is 15.0. The zero-order chi connectivity index (χ0) is 18.6. The fourth-order valence-corrected chi connectivity index (χ4v) is 3.39. The lowest BCUT2D eigenvalue weighted by Gasteiger charge is -2.10. The largest absolute Gasteiger partial charge is 0.478 e. The molecule has 0 aliphatic carbocycles. The molecule has 0 radical (unpaired) electrons. The van der Waals surface area contributed by atoms with Crippen LogP contribution in [0.5, 0.6) is 0 Å². The number of aromatic carboxylic acids is 1. The van der Waals surface area contributed by atoms with E-state index in [4.69, 9.17) is 9.52 Å². The predicted octanol–water partition coefficient (Wildman–Crippen LogP) is 4.21. The van der Waals surface area contributed by atoms with Crippen molar-refractivity contribution < 1.29 is 14.3 Å². The molecule has 0 spiro atoms. The van der Waals surface area contributed by atoms with E-state index in [-0.39, 0.29) is 5.56 Å². The van der Waals surface area contributed by atoms with Gasteiger partial charge in [0.1, 0.15) is 11.6 Å². The van der Waals surface area contributed by atoms with E-state index in [1.54, 1.807) is 41.9 Å². The summed E-state index contributed by atoms with van der Waals surface area (Å²) < 4.78 is 6.29. The molecule has 0 amide bonds. The maximum absolute atomic E-state index is 10.9. The van der Waals surface area contributed by atoms with Gasteiger partial charge in [-0.15, -0.1) is 11.3 Å². The van der Waals surface area contributed by atoms with Gasteiger partial charge in [-0.2, -0.15) is 4.98 Å². The standard InChI is InChI=1S/C19H16N4O3S/c24-18(25)13-5-3-12(4-6-13)10-20-17-16-15(7-9-27-16)22-19(23-17)21-11-14-2-1-8-26-14/h1-9H,10-11H2,(H,24,25)(H2,20,21,22,23). The smallest absolute Gasteiger partial charge is 0.335 e. The van der Waals surface area contributed by atoms with Gasteiger partial charge in [-0.05, 0) is 41.3 Å². The summed E-state index contributed by atoms with van der Waals surface area (Å²) in [4.78, 5) is 20.0. The number of carbonyl (C=O) groups is 1. The minimum absolute atomic E-state index is 0.269. The van der Waals surface area contributed by atoms with Crippen LogP contribution in [0.3, 0.4) is 0 Å². The Morgan fingerprint density at radius 3 is 2.67 bits per heavy atom. The Morgan fingerprint density at radius 2 is 1.93 bits per heavy atom. The number of fused-ring (bicyclic) bond motifs is 1. The first-order valence-electron chi connectivity index (χ1n) is 8.26. The van der Waals surface area contributed by atoms with Gasteiger partial charge < -0.3 is 20.2 Å². The van der Waals surface area contributed by atoms with Crippen molar-refractivity contribution in [3.8, 4) is 0 Å². The summed E-state index contributed by atoms with van der Waals surface area (Å²) in [6.07, 6.45) is 1.63. The molecule has 4 rings (SSSR count). The molecule has 3 heterocycles. The van der Waals surface area contributed by atoms with E-state index < -0.39 is 5.97 Å². The number of anilines is 2. The molecule has 0 saturated carbocycles. The number of hydrogen-bond acceptors (Lipinski definition) is 7. The number of benzene rings is 1. The highest BCUT2D eigenvalue weighted by Gasteiger charge is 2.10. The normalized spacial score (nSPS) is 10.8. The van der Waals surface area contributed by atoms with Gasteiger partial charge in [0, 0.05) is 6.54 Å². The van der Waals surface area contributed by atoms with Crippen LogP contribution in [0.4, 0.5) is 11.8 Å². The average molecular weight is 380 g/mol. The number of carboxylic acids is 1. The van der Waals surface area contributed by atoms with Gasteiger partial charge >= 0.3 is 5.97 Å². The Balaban J connectivity index is 1.51. The third-order valence-electron chi connectivity index (χ3n) is 3.97. The van der Waals surface area contributed by atoms with Gasteiger partial charge in [0.15, 0.2) is 0 Å². The highest BCUT2D eigenvalue weighted by Crippen LogP contribution is 2.27. The maximum Gasteiger partial charge on any atom is 0.335 e. The predicted molar refractivity (Wildman–Crippen MR) is 104 cm³/mol. The number of furan rings is 1. The van der Waals surface area contributed by atoms with Gasteiger partial charge in [-0.3, -0.25) is 0 Å². The molecule has 1 aromatic carbocycles. The van der Waals surface area contributed by atoms with Crippen LogP contribution in [0.15, 0.2) is 58.5 Å². The molecule has 7 nitrogen and oxygen atoms in total. The highest BCUT2D eigenvalue weighted by molar-refractivity contribution is 7.17. The maximum atomic E-state index is 10.9. The third kappa shape index (κ3) is 3.90. The van der Waals surface area contributed by atoms with Gasteiger partial charge in [0.05, 0.1) is 28.6 Å². The quantitative estimate of drug-likeness (QED) is 0.442. The molecule has 3 N–H and O–H groups in total. The minimum Gasteiger partial charge on any atom is -0.478 e. The highest BCUT2D eigenvalue weighted by atomic mass is 32.1. The summed E-state index contributed by atoms with van der Waals surface area (Å²) in [7, 11) is 0. The molecule has 0 aliphatic heterocycles. The lowest BCUT2D eigenvalue weighted by molar-refractivity contribution is 0.0697. The molecule has 3 aromatic heterocycles. The van der Waals surface area contributed by atoms with Crippen LogP contribution in [0, 0.1) is 0 Å². The number of hydrogen-bond donors (Lipinski definition) is 3. The fraction of sp³-hybridized carbons (Fsp3) is 0.105. The molecule has 8 heteroatoms. The number of rotatable bonds is 7. The van der Waals surface area contributed by atoms with Crippen molar-refractivity contribution in [1.29, 1.82) is 0 Å². The molecule has 0 unspecified atom stereocenters. The molecule has 0 bridgehead atoms. The lowest BCUT2D eigenvalue weighted by atomic mass is 10.1. The Hall–Kier alpha value is -3.39. The number of thiophene rings is 1. The summed E-state index contributed by atoms with van der Waals surface area (Å²) in [5.41, 5.74) is 2.10. The first-order chi connectivity index (χ1) is 13.2. The second-order valence-electron chi connectivity index (χ2n) is 5.82. The second-order valence-corrected chi connectivity index (χ2v) is 6.74. The van der Waals surface area contributed by atoms with Crippen molar-refractivity contribution in [2.75, 3.05) is 10.6 Å². The molecule has 136 valence electrons. The van der Waals surface area contributed by atoms with Gasteiger partial charge in [-0.25, -0.2) is 9.78 Å². The monoisotopic (exact) mass is 380 g/mol. The number of aromatic nitrogens is 2. The molecule has 0 fully saturated rings. The van der Waals surface area contributed by atoms with Gasteiger partial charge in [-0.1, -0.05) is 12.1 Å². The van der Waals surface area contributed by atoms with Crippen molar-refractivity contribution in [2.24, 2.45) is 0 Å². The minimum atomic E-state index is -0.933. The van der Waals surface area contributed by atoms with Crippen LogP contribution in [0.1, 0.15) is 21.7 Å². The fourth-order valence-electron chi connectivity index (χ4n) is 2.59. The summed E-state index contributed by atoms with van der Waals surface area (Å²) in [5, 5.41) is 17.4. The Morgan fingerprint density at radius 1 is 1.07 bits per heavy atom. The average Bonchev–Trinajstić information content (AvgIpc) is 3.36. The zero-order valence-electron chi connectivity index (χ0n) is 14.2. The van der Waals surface area contributed by atoms with E-state index >= 15 is 0 Å². The summed E-state index contributed by atoms with van der Waals surface area (Å²) in [6.45, 7) is 1.03. The van der Waals surface area contributed by atoms with Crippen LogP contribution in [0.2, 0.25) is 0 Å². The Labute approximate surface area is 158 Å². The van der Waals surface area contributed by atoms with Gasteiger partial charge in [0.25, 0.3) is 0 Å².